The first-order valence-corrected chi connectivity index (χ1v) is 8.35. The topological polar surface area (TPSA) is 75.7 Å². The maximum Gasteiger partial charge on any atom is 0.340 e. The maximum atomic E-state index is 12.5. The molecular formula is C17H16N2O4S. The first-order chi connectivity index (χ1) is 11.6. The van der Waals surface area contributed by atoms with Gasteiger partial charge in [0.05, 0.1) is 12.7 Å². The molecule has 124 valence electrons. The second-order valence-corrected chi connectivity index (χ2v) is 6.22. The second kappa shape index (κ2) is 6.84. The third-order valence-corrected chi connectivity index (χ3v) is 4.62. The molecule has 1 aliphatic heterocycles. The molecule has 6 nitrogen and oxygen atoms in total. The lowest BCUT2D eigenvalue weighted by Crippen LogP contribution is -2.24. The van der Waals surface area contributed by atoms with Crippen molar-refractivity contribution in [1.82, 2.24) is 0 Å². The number of benzene rings is 1. The van der Waals surface area contributed by atoms with Gasteiger partial charge in [0.25, 0.3) is 5.91 Å². The molecule has 2 heterocycles. The number of thiophene rings is 1. The summed E-state index contributed by atoms with van der Waals surface area (Å²) < 4.78 is 4.69. The van der Waals surface area contributed by atoms with Gasteiger partial charge in [-0.2, -0.15) is 0 Å². The highest BCUT2D eigenvalue weighted by Gasteiger charge is 2.22. The van der Waals surface area contributed by atoms with Gasteiger partial charge in [-0.1, -0.05) is 6.07 Å². The van der Waals surface area contributed by atoms with Crippen LogP contribution >= 0.6 is 11.3 Å². The summed E-state index contributed by atoms with van der Waals surface area (Å²) in [4.78, 5) is 37.7. The van der Waals surface area contributed by atoms with Crippen LogP contribution in [0.4, 0.5) is 10.7 Å². The molecule has 1 aromatic heterocycles. The van der Waals surface area contributed by atoms with Gasteiger partial charge in [0.15, 0.2) is 0 Å². The minimum absolute atomic E-state index is 0.0683. The molecule has 24 heavy (non-hydrogen) atoms. The largest absolute Gasteiger partial charge is 0.465 e. The molecule has 2 aromatic rings. The Kier molecular flexibility index (Phi) is 4.61. The molecule has 0 saturated carbocycles. The number of esters is 1. The molecule has 0 unspecified atom stereocenters. The van der Waals surface area contributed by atoms with Crippen LogP contribution in [0.5, 0.6) is 0 Å². The fraction of sp³-hybridized carbons (Fsp3) is 0.235. The van der Waals surface area contributed by atoms with Gasteiger partial charge in [-0.15, -0.1) is 11.3 Å². The number of methoxy groups -OCH3 is 1. The van der Waals surface area contributed by atoms with Gasteiger partial charge in [0.1, 0.15) is 5.00 Å². The number of amides is 2. The average Bonchev–Trinajstić information content (AvgIpc) is 3.23. The predicted octanol–water partition coefficient (Wildman–Crippen LogP) is 2.91. The SMILES string of the molecule is COC(=O)c1ccsc1NC(=O)c1cccc(N2CCCC2=O)c1. The van der Waals surface area contributed by atoms with Crippen LogP contribution in [0.2, 0.25) is 0 Å². The second-order valence-electron chi connectivity index (χ2n) is 5.31. The highest BCUT2D eigenvalue weighted by Crippen LogP contribution is 2.26. The number of hydrogen-bond donors (Lipinski definition) is 1. The standard InChI is InChI=1S/C17H16N2O4S/c1-23-17(22)13-7-9-24-16(13)18-15(21)11-4-2-5-12(10-11)19-8-3-6-14(19)20/h2,4-5,7,9-10H,3,6,8H2,1H3,(H,18,21). The Morgan fingerprint density at radius 1 is 1.29 bits per heavy atom. The fourth-order valence-electron chi connectivity index (χ4n) is 2.59. The van der Waals surface area contributed by atoms with E-state index in [0.29, 0.717) is 34.8 Å². The van der Waals surface area contributed by atoms with E-state index in [2.05, 4.69) is 5.32 Å². The summed E-state index contributed by atoms with van der Waals surface area (Å²) in [5.41, 5.74) is 1.46. The maximum absolute atomic E-state index is 12.5. The zero-order valence-electron chi connectivity index (χ0n) is 13.1. The van der Waals surface area contributed by atoms with E-state index in [1.165, 1.54) is 18.4 Å². The summed E-state index contributed by atoms with van der Waals surface area (Å²) in [6.45, 7) is 0.668. The van der Waals surface area contributed by atoms with Crippen LogP contribution in [0.1, 0.15) is 33.6 Å². The van der Waals surface area contributed by atoms with Crippen molar-refractivity contribution in [3.05, 3.63) is 46.8 Å². The van der Waals surface area contributed by atoms with Gasteiger partial charge < -0.3 is 15.0 Å². The summed E-state index contributed by atoms with van der Waals surface area (Å²) >= 11 is 1.25. The molecule has 0 spiro atoms. The Hall–Kier alpha value is -2.67. The van der Waals surface area contributed by atoms with Crippen LogP contribution < -0.4 is 10.2 Å². The van der Waals surface area contributed by atoms with E-state index in [0.717, 1.165) is 6.42 Å². The normalized spacial score (nSPS) is 13.9. The van der Waals surface area contributed by atoms with E-state index in [-0.39, 0.29) is 11.8 Å². The molecule has 7 heteroatoms. The van der Waals surface area contributed by atoms with Crippen LogP contribution in [0.15, 0.2) is 35.7 Å². The number of carbonyl (C=O) groups is 3. The van der Waals surface area contributed by atoms with Crippen LogP contribution in [0.25, 0.3) is 0 Å². The quantitative estimate of drug-likeness (QED) is 0.865. The molecule has 0 radical (unpaired) electrons. The van der Waals surface area contributed by atoms with Gasteiger partial charge in [0.2, 0.25) is 5.91 Å². The number of nitrogens with one attached hydrogen (secondary N) is 1. The monoisotopic (exact) mass is 344 g/mol. The number of nitrogens with zero attached hydrogens (tertiary/aromatic N) is 1. The van der Waals surface area contributed by atoms with E-state index < -0.39 is 5.97 Å². The van der Waals surface area contributed by atoms with Crippen molar-refractivity contribution in [3.63, 3.8) is 0 Å². The Balaban J connectivity index is 1.80. The number of carbonyl (C=O) groups excluding carboxylic acids is 3. The molecule has 2 amide bonds. The molecule has 3 rings (SSSR count). The molecule has 1 saturated heterocycles. The minimum atomic E-state index is -0.497. The summed E-state index contributed by atoms with van der Waals surface area (Å²) in [7, 11) is 1.29. The lowest BCUT2D eigenvalue weighted by Gasteiger charge is -2.16. The highest BCUT2D eigenvalue weighted by molar-refractivity contribution is 7.14. The van der Waals surface area contributed by atoms with Crippen LogP contribution in [-0.2, 0) is 9.53 Å². The Morgan fingerprint density at radius 3 is 2.83 bits per heavy atom. The molecular weight excluding hydrogens is 328 g/mol. The zero-order chi connectivity index (χ0) is 17.1. The van der Waals surface area contributed by atoms with Crippen molar-refractivity contribution in [1.29, 1.82) is 0 Å². The van der Waals surface area contributed by atoms with E-state index in [1.807, 2.05) is 6.07 Å². The molecule has 1 fully saturated rings. The lowest BCUT2D eigenvalue weighted by molar-refractivity contribution is -0.117. The van der Waals surface area contributed by atoms with E-state index in [1.54, 1.807) is 34.5 Å². The smallest absolute Gasteiger partial charge is 0.340 e. The predicted molar refractivity (Wildman–Crippen MR) is 91.6 cm³/mol. The Labute approximate surface area is 143 Å². The summed E-state index contributed by atoms with van der Waals surface area (Å²) in [6.07, 6.45) is 1.36. The number of ether oxygens (including phenoxy) is 1. The Morgan fingerprint density at radius 2 is 2.12 bits per heavy atom. The molecule has 1 aliphatic rings. The number of rotatable bonds is 4. The van der Waals surface area contributed by atoms with Crippen LogP contribution in [0, 0.1) is 0 Å². The van der Waals surface area contributed by atoms with Crippen LogP contribution in [-0.4, -0.2) is 31.4 Å². The third kappa shape index (κ3) is 3.16. The van der Waals surface area contributed by atoms with Crippen molar-refractivity contribution in [2.45, 2.75) is 12.8 Å². The molecule has 1 aromatic carbocycles. The third-order valence-electron chi connectivity index (χ3n) is 3.79. The van der Waals surface area contributed by atoms with E-state index in [4.69, 9.17) is 4.74 Å². The molecule has 0 aliphatic carbocycles. The van der Waals surface area contributed by atoms with Crippen molar-refractivity contribution in [3.8, 4) is 0 Å². The Bertz CT molecular complexity index is 799. The first-order valence-electron chi connectivity index (χ1n) is 7.47. The fourth-order valence-corrected chi connectivity index (χ4v) is 3.36. The van der Waals surface area contributed by atoms with Crippen molar-refractivity contribution >= 4 is 39.8 Å². The van der Waals surface area contributed by atoms with Gasteiger partial charge in [-0.25, -0.2) is 4.79 Å². The van der Waals surface area contributed by atoms with Crippen molar-refractivity contribution in [2.24, 2.45) is 0 Å². The zero-order valence-corrected chi connectivity index (χ0v) is 13.9. The summed E-state index contributed by atoms with van der Waals surface area (Å²) in [5.74, 6) is -0.766. The van der Waals surface area contributed by atoms with Gasteiger partial charge >= 0.3 is 5.97 Å². The highest BCUT2D eigenvalue weighted by atomic mass is 32.1. The van der Waals surface area contributed by atoms with Crippen molar-refractivity contribution < 1.29 is 19.1 Å². The van der Waals surface area contributed by atoms with Gasteiger partial charge in [0, 0.05) is 24.2 Å². The van der Waals surface area contributed by atoms with Crippen molar-refractivity contribution in [2.75, 3.05) is 23.9 Å². The van der Waals surface area contributed by atoms with E-state index in [9.17, 15) is 14.4 Å². The molecule has 0 bridgehead atoms. The van der Waals surface area contributed by atoms with E-state index >= 15 is 0 Å². The van der Waals surface area contributed by atoms with Crippen LogP contribution in [0.3, 0.4) is 0 Å². The molecule has 1 N–H and O–H groups in total. The average molecular weight is 344 g/mol. The number of anilines is 2. The minimum Gasteiger partial charge on any atom is -0.465 e. The summed E-state index contributed by atoms with van der Waals surface area (Å²) in [6, 6.07) is 8.51. The van der Waals surface area contributed by atoms with Gasteiger partial charge in [-0.3, -0.25) is 9.59 Å². The lowest BCUT2D eigenvalue weighted by atomic mass is 10.1. The first kappa shape index (κ1) is 16.2. The molecule has 0 atom stereocenters. The summed E-state index contributed by atoms with van der Waals surface area (Å²) in [5, 5.41) is 4.88. The van der Waals surface area contributed by atoms with Gasteiger partial charge in [-0.05, 0) is 36.1 Å². The number of hydrogen-bond acceptors (Lipinski definition) is 5.